The summed E-state index contributed by atoms with van der Waals surface area (Å²) in [4.78, 5) is 37.4. The van der Waals surface area contributed by atoms with Crippen molar-refractivity contribution in [2.75, 3.05) is 38.4 Å². The average Bonchev–Trinajstić information content (AvgIpc) is 3.57. The summed E-state index contributed by atoms with van der Waals surface area (Å²) in [7, 11) is 2.97. The summed E-state index contributed by atoms with van der Waals surface area (Å²) in [5.41, 5.74) is 8.34. The van der Waals surface area contributed by atoms with Crippen molar-refractivity contribution in [3.63, 3.8) is 0 Å². The molecule has 0 spiro atoms. The molecular weight excluding hydrogens is 426 g/mol. The monoisotopic (exact) mass is 453 g/mol. The van der Waals surface area contributed by atoms with Gasteiger partial charge in [0.05, 0.1) is 24.7 Å². The first-order valence-corrected chi connectivity index (χ1v) is 10.6. The van der Waals surface area contributed by atoms with Gasteiger partial charge in [0.15, 0.2) is 5.82 Å². The van der Waals surface area contributed by atoms with Crippen LogP contribution in [-0.4, -0.2) is 69.2 Å². The molecule has 4 rings (SSSR count). The minimum absolute atomic E-state index is 0.0149. The lowest BCUT2D eigenvalue weighted by atomic mass is 10.2. The SMILES string of the molecule is COCC(=O)NC(C)CNc1nccc(-c2[nH]c(C3CC3)nc2-c2cnc(N)c(OC)n2)n1. The van der Waals surface area contributed by atoms with Crippen LogP contribution in [0.25, 0.3) is 22.8 Å². The summed E-state index contributed by atoms with van der Waals surface area (Å²) in [5, 5.41) is 5.98. The van der Waals surface area contributed by atoms with Crippen LogP contribution in [0.3, 0.4) is 0 Å². The second-order valence-electron chi connectivity index (χ2n) is 7.82. The smallest absolute Gasteiger partial charge is 0.257 e. The molecule has 0 aliphatic heterocycles. The van der Waals surface area contributed by atoms with Gasteiger partial charge in [0.25, 0.3) is 5.88 Å². The van der Waals surface area contributed by atoms with E-state index < -0.39 is 0 Å². The molecule has 3 aromatic rings. The van der Waals surface area contributed by atoms with E-state index in [9.17, 15) is 4.79 Å². The third-order valence-corrected chi connectivity index (χ3v) is 5.05. The Morgan fingerprint density at radius 3 is 2.79 bits per heavy atom. The van der Waals surface area contributed by atoms with Gasteiger partial charge in [-0.15, -0.1) is 0 Å². The minimum atomic E-state index is -0.184. The molecule has 174 valence electrons. The van der Waals surface area contributed by atoms with Crippen LogP contribution < -0.4 is 21.1 Å². The maximum atomic E-state index is 11.7. The Hall–Kier alpha value is -3.80. The second-order valence-corrected chi connectivity index (χ2v) is 7.82. The number of methoxy groups -OCH3 is 2. The van der Waals surface area contributed by atoms with Gasteiger partial charge in [0, 0.05) is 31.8 Å². The summed E-state index contributed by atoms with van der Waals surface area (Å²) in [6, 6.07) is 1.66. The van der Waals surface area contributed by atoms with Gasteiger partial charge in [-0.3, -0.25) is 4.79 Å². The largest absolute Gasteiger partial charge is 0.478 e. The number of nitrogen functional groups attached to an aromatic ring is 1. The normalized spacial score (nSPS) is 14.0. The number of aromatic nitrogens is 6. The summed E-state index contributed by atoms with van der Waals surface area (Å²) < 4.78 is 10.1. The fraction of sp³-hybridized carbons (Fsp3) is 0.429. The van der Waals surface area contributed by atoms with Crippen molar-refractivity contribution in [1.82, 2.24) is 35.2 Å². The third kappa shape index (κ3) is 5.34. The number of H-pyrrole nitrogens is 1. The van der Waals surface area contributed by atoms with Crippen LogP contribution in [0.4, 0.5) is 11.8 Å². The van der Waals surface area contributed by atoms with E-state index in [1.165, 1.54) is 14.2 Å². The third-order valence-electron chi connectivity index (χ3n) is 5.05. The maximum Gasteiger partial charge on any atom is 0.257 e. The van der Waals surface area contributed by atoms with Crippen LogP contribution in [0.5, 0.6) is 5.88 Å². The lowest BCUT2D eigenvalue weighted by Crippen LogP contribution is -2.39. The van der Waals surface area contributed by atoms with E-state index in [-0.39, 0.29) is 30.3 Å². The highest BCUT2D eigenvalue weighted by Crippen LogP contribution is 2.41. The van der Waals surface area contributed by atoms with Crippen LogP contribution in [-0.2, 0) is 9.53 Å². The summed E-state index contributed by atoms with van der Waals surface area (Å²) in [6.07, 6.45) is 5.41. The van der Waals surface area contributed by atoms with Crippen molar-refractivity contribution in [1.29, 1.82) is 0 Å². The number of ether oxygens (including phenoxy) is 2. The van der Waals surface area contributed by atoms with Crippen LogP contribution in [0.1, 0.15) is 31.5 Å². The maximum absolute atomic E-state index is 11.7. The van der Waals surface area contributed by atoms with Gasteiger partial charge in [-0.1, -0.05) is 0 Å². The number of amides is 1. The molecule has 1 unspecified atom stereocenters. The lowest BCUT2D eigenvalue weighted by Gasteiger charge is -2.14. The number of aromatic amines is 1. The number of anilines is 2. The first kappa shape index (κ1) is 22.4. The molecule has 1 saturated carbocycles. The molecule has 0 bridgehead atoms. The topological polar surface area (TPSA) is 166 Å². The number of nitrogens with one attached hydrogen (secondary N) is 3. The summed E-state index contributed by atoms with van der Waals surface area (Å²) in [5.74, 6) is 1.98. The summed E-state index contributed by atoms with van der Waals surface area (Å²) in [6.45, 7) is 2.34. The van der Waals surface area contributed by atoms with E-state index >= 15 is 0 Å². The Kier molecular flexibility index (Phi) is 6.63. The van der Waals surface area contributed by atoms with Crippen molar-refractivity contribution in [3.05, 3.63) is 24.3 Å². The zero-order chi connectivity index (χ0) is 23.4. The van der Waals surface area contributed by atoms with E-state index in [0.29, 0.717) is 41.2 Å². The van der Waals surface area contributed by atoms with Gasteiger partial charge in [-0.05, 0) is 25.8 Å². The highest BCUT2D eigenvalue weighted by atomic mass is 16.5. The molecule has 0 aromatic carbocycles. The van der Waals surface area contributed by atoms with Crippen molar-refractivity contribution in [3.8, 4) is 28.7 Å². The molecule has 1 amide bonds. The Morgan fingerprint density at radius 1 is 1.24 bits per heavy atom. The van der Waals surface area contributed by atoms with Gasteiger partial charge in [0.2, 0.25) is 11.9 Å². The molecule has 1 aliphatic rings. The average molecular weight is 454 g/mol. The number of nitrogens with two attached hydrogens (primary N) is 1. The fourth-order valence-electron chi connectivity index (χ4n) is 3.28. The van der Waals surface area contributed by atoms with Crippen LogP contribution in [0.15, 0.2) is 18.5 Å². The van der Waals surface area contributed by atoms with E-state index in [2.05, 4.69) is 35.6 Å². The quantitative estimate of drug-likeness (QED) is 0.352. The van der Waals surface area contributed by atoms with E-state index in [1.807, 2.05) is 6.92 Å². The zero-order valence-electron chi connectivity index (χ0n) is 18.8. The van der Waals surface area contributed by atoms with E-state index in [1.54, 1.807) is 18.5 Å². The number of carbonyl (C=O) groups is 1. The van der Waals surface area contributed by atoms with Crippen LogP contribution in [0, 0.1) is 0 Å². The molecule has 0 saturated heterocycles. The predicted octanol–water partition coefficient (Wildman–Crippen LogP) is 1.35. The molecule has 3 heterocycles. The molecule has 1 fully saturated rings. The van der Waals surface area contributed by atoms with Gasteiger partial charge in [0.1, 0.15) is 23.8 Å². The summed E-state index contributed by atoms with van der Waals surface area (Å²) >= 11 is 0. The van der Waals surface area contributed by atoms with Crippen molar-refractivity contribution >= 4 is 17.7 Å². The van der Waals surface area contributed by atoms with Crippen LogP contribution >= 0.6 is 0 Å². The molecule has 1 aliphatic carbocycles. The number of hydrogen-bond donors (Lipinski definition) is 4. The Bertz CT molecular complexity index is 1130. The second kappa shape index (κ2) is 9.77. The lowest BCUT2D eigenvalue weighted by molar-refractivity contribution is -0.125. The number of imidazole rings is 1. The molecule has 5 N–H and O–H groups in total. The Morgan fingerprint density at radius 2 is 2.06 bits per heavy atom. The number of nitrogens with zero attached hydrogens (tertiary/aromatic N) is 5. The number of rotatable bonds is 10. The molecule has 3 aromatic heterocycles. The van der Waals surface area contributed by atoms with E-state index in [0.717, 1.165) is 18.7 Å². The Labute approximate surface area is 190 Å². The van der Waals surface area contributed by atoms with Crippen LogP contribution in [0.2, 0.25) is 0 Å². The van der Waals surface area contributed by atoms with Crippen molar-refractivity contribution in [2.45, 2.75) is 31.7 Å². The molecule has 12 heteroatoms. The first-order valence-electron chi connectivity index (χ1n) is 10.6. The molecule has 0 radical (unpaired) electrons. The zero-order valence-corrected chi connectivity index (χ0v) is 18.8. The molecule has 1 atom stereocenters. The van der Waals surface area contributed by atoms with Crippen molar-refractivity contribution in [2.24, 2.45) is 0 Å². The van der Waals surface area contributed by atoms with Gasteiger partial charge in [-0.25, -0.2) is 24.9 Å². The number of carbonyl (C=O) groups excluding carboxylic acids is 1. The predicted molar refractivity (Wildman–Crippen MR) is 122 cm³/mol. The standard InChI is InChI=1S/C21H27N9O3/c1-11(26-15(31)10-32-2)8-25-21-23-7-6-13(28-21)16-17(30-19(29-16)12-4-5-12)14-9-24-18(22)20(27-14)33-3/h6-7,9,11-12H,4-5,8,10H2,1-3H3,(H2,22,24)(H,26,31)(H,29,30)(H,23,25,28). The van der Waals surface area contributed by atoms with E-state index in [4.69, 9.17) is 20.2 Å². The molecular formula is C21H27N9O3. The van der Waals surface area contributed by atoms with Gasteiger partial charge < -0.3 is 30.8 Å². The highest BCUT2D eigenvalue weighted by molar-refractivity contribution is 5.77. The minimum Gasteiger partial charge on any atom is -0.478 e. The fourth-order valence-corrected chi connectivity index (χ4v) is 3.28. The van der Waals surface area contributed by atoms with Gasteiger partial charge in [-0.2, -0.15) is 0 Å². The first-order chi connectivity index (χ1) is 16.0. The molecule has 12 nitrogen and oxygen atoms in total. The van der Waals surface area contributed by atoms with Gasteiger partial charge >= 0.3 is 0 Å². The molecule has 33 heavy (non-hydrogen) atoms. The van der Waals surface area contributed by atoms with Crippen molar-refractivity contribution < 1.29 is 14.3 Å². The highest BCUT2D eigenvalue weighted by Gasteiger charge is 2.29. The Balaban J connectivity index is 1.58. The number of hydrogen-bond acceptors (Lipinski definition) is 10.